The monoisotopic (exact) mass is 403 g/mol. The van der Waals surface area contributed by atoms with E-state index in [4.69, 9.17) is 4.74 Å². The molecule has 106 valence electrons. The Morgan fingerprint density at radius 1 is 1.25 bits per heavy atom. The molecule has 0 amide bonds. The molecule has 0 atom stereocenters. The van der Waals surface area contributed by atoms with Crippen molar-refractivity contribution in [3.05, 3.63) is 50.7 Å². The minimum atomic E-state index is -0.628. The quantitative estimate of drug-likeness (QED) is 0.777. The van der Waals surface area contributed by atoms with Gasteiger partial charge in [0, 0.05) is 22.6 Å². The van der Waals surface area contributed by atoms with Crippen LogP contribution in [0.15, 0.2) is 39.3 Å². The average molecular weight is 405 g/mol. The molecule has 0 aliphatic carbocycles. The summed E-state index contributed by atoms with van der Waals surface area (Å²) < 4.78 is 20.1. The number of nitrogens with one attached hydrogen (secondary N) is 1. The number of methoxy groups -OCH3 is 1. The molecule has 2 N–H and O–H groups in total. The van der Waals surface area contributed by atoms with E-state index in [1.807, 2.05) is 12.1 Å². The van der Waals surface area contributed by atoms with Crippen LogP contribution in [0.2, 0.25) is 0 Å². The Morgan fingerprint density at radius 2 is 2.00 bits per heavy atom. The highest BCUT2D eigenvalue weighted by Gasteiger charge is 2.09. The number of phenolic OH excluding ortho intramolecular Hbond substituents is 1. The molecule has 3 nitrogen and oxygen atoms in total. The third kappa shape index (κ3) is 3.24. The van der Waals surface area contributed by atoms with Crippen LogP contribution in [-0.4, -0.2) is 12.2 Å². The van der Waals surface area contributed by atoms with E-state index < -0.39 is 5.82 Å². The summed E-state index contributed by atoms with van der Waals surface area (Å²) in [5, 5.41) is 12.8. The standard InChI is InChI=1S/C14H12Br2FNO2/c1-20-13-6-12(9(15)5-10(13)16)18-7-8-3-2-4-11(17)14(8)19/h2-6,18-19H,7H2,1H3. The van der Waals surface area contributed by atoms with Gasteiger partial charge in [-0.15, -0.1) is 0 Å². The van der Waals surface area contributed by atoms with E-state index in [2.05, 4.69) is 37.2 Å². The van der Waals surface area contributed by atoms with E-state index in [1.54, 1.807) is 19.2 Å². The fourth-order valence-electron chi connectivity index (χ4n) is 1.71. The van der Waals surface area contributed by atoms with Gasteiger partial charge in [-0.3, -0.25) is 0 Å². The maximum absolute atomic E-state index is 13.2. The summed E-state index contributed by atoms with van der Waals surface area (Å²) >= 11 is 6.82. The third-order valence-corrected chi connectivity index (χ3v) is 4.06. The lowest BCUT2D eigenvalue weighted by Crippen LogP contribution is -2.01. The van der Waals surface area contributed by atoms with Crippen molar-refractivity contribution in [2.45, 2.75) is 6.54 Å². The summed E-state index contributed by atoms with van der Waals surface area (Å²) in [7, 11) is 1.58. The average Bonchev–Trinajstić information content (AvgIpc) is 2.42. The minimum absolute atomic E-state index is 0.299. The molecule has 2 aromatic rings. The molecule has 2 rings (SSSR count). The van der Waals surface area contributed by atoms with Crippen molar-refractivity contribution in [1.82, 2.24) is 0 Å². The highest BCUT2D eigenvalue weighted by Crippen LogP contribution is 2.35. The summed E-state index contributed by atoms with van der Waals surface area (Å²) in [4.78, 5) is 0. The van der Waals surface area contributed by atoms with Gasteiger partial charge >= 0.3 is 0 Å². The number of benzene rings is 2. The van der Waals surface area contributed by atoms with E-state index in [-0.39, 0.29) is 5.75 Å². The Morgan fingerprint density at radius 3 is 2.70 bits per heavy atom. The van der Waals surface area contributed by atoms with Gasteiger partial charge in [0.1, 0.15) is 5.75 Å². The second-order valence-corrected chi connectivity index (χ2v) is 5.78. The smallest absolute Gasteiger partial charge is 0.165 e. The fraction of sp³-hybridized carbons (Fsp3) is 0.143. The summed E-state index contributed by atoms with van der Waals surface area (Å²) in [5.74, 6) is -0.281. The number of rotatable bonds is 4. The maximum Gasteiger partial charge on any atom is 0.165 e. The van der Waals surface area contributed by atoms with Gasteiger partial charge in [0.05, 0.1) is 17.3 Å². The molecule has 20 heavy (non-hydrogen) atoms. The molecule has 0 aliphatic heterocycles. The van der Waals surface area contributed by atoms with Crippen molar-refractivity contribution in [2.24, 2.45) is 0 Å². The number of aromatic hydroxyl groups is 1. The van der Waals surface area contributed by atoms with Crippen LogP contribution in [0.25, 0.3) is 0 Å². The molecule has 0 heterocycles. The van der Waals surface area contributed by atoms with E-state index in [1.165, 1.54) is 6.07 Å². The zero-order valence-corrected chi connectivity index (χ0v) is 13.8. The van der Waals surface area contributed by atoms with Gasteiger partial charge in [-0.1, -0.05) is 12.1 Å². The van der Waals surface area contributed by atoms with Crippen molar-refractivity contribution in [2.75, 3.05) is 12.4 Å². The van der Waals surface area contributed by atoms with Crippen LogP contribution in [0.3, 0.4) is 0 Å². The van der Waals surface area contributed by atoms with Gasteiger partial charge in [0.2, 0.25) is 0 Å². The number of ether oxygens (including phenoxy) is 1. The Bertz CT molecular complexity index is 635. The number of halogens is 3. The predicted molar refractivity (Wildman–Crippen MR) is 83.8 cm³/mol. The van der Waals surface area contributed by atoms with Gasteiger partial charge < -0.3 is 15.2 Å². The van der Waals surface area contributed by atoms with Gasteiger partial charge in [-0.05, 0) is 44.0 Å². The first-order chi connectivity index (χ1) is 9.52. The topological polar surface area (TPSA) is 41.5 Å². The fourth-order valence-corrected chi connectivity index (χ4v) is 3.01. The summed E-state index contributed by atoms with van der Waals surface area (Å²) in [5.41, 5.74) is 1.27. The normalized spacial score (nSPS) is 10.4. The SMILES string of the molecule is COc1cc(NCc2cccc(F)c2O)c(Br)cc1Br. The van der Waals surface area contributed by atoms with E-state index in [0.29, 0.717) is 17.9 Å². The molecule has 6 heteroatoms. The number of anilines is 1. The molecule has 2 aromatic carbocycles. The highest BCUT2D eigenvalue weighted by molar-refractivity contribution is 9.11. The minimum Gasteiger partial charge on any atom is -0.505 e. The summed E-state index contributed by atoms with van der Waals surface area (Å²) in [6, 6.07) is 8.10. The molecule has 0 aromatic heterocycles. The lowest BCUT2D eigenvalue weighted by molar-refractivity contribution is 0.412. The Labute approximate surface area is 133 Å². The van der Waals surface area contributed by atoms with Crippen LogP contribution in [0.5, 0.6) is 11.5 Å². The highest BCUT2D eigenvalue weighted by atomic mass is 79.9. The molecule has 0 radical (unpaired) electrons. The van der Waals surface area contributed by atoms with Gasteiger partial charge in [-0.2, -0.15) is 0 Å². The van der Waals surface area contributed by atoms with Crippen LogP contribution < -0.4 is 10.1 Å². The zero-order valence-electron chi connectivity index (χ0n) is 10.6. The number of phenols is 1. The first kappa shape index (κ1) is 15.1. The van der Waals surface area contributed by atoms with Crippen LogP contribution in [0.4, 0.5) is 10.1 Å². The second kappa shape index (κ2) is 6.45. The largest absolute Gasteiger partial charge is 0.505 e. The van der Waals surface area contributed by atoms with E-state index >= 15 is 0 Å². The van der Waals surface area contributed by atoms with E-state index in [9.17, 15) is 9.50 Å². The molecular formula is C14H12Br2FNO2. The molecule has 0 fully saturated rings. The second-order valence-electron chi connectivity index (χ2n) is 4.07. The summed E-state index contributed by atoms with van der Waals surface area (Å²) in [6.07, 6.45) is 0. The van der Waals surface area contributed by atoms with Crippen LogP contribution in [0, 0.1) is 5.82 Å². The molecule has 0 aliphatic rings. The van der Waals surface area contributed by atoms with Crippen molar-refractivity contribution >= 4 is 37.5 Å². The zero-order chi connectivity index (χ0) is 14.7. The van der Waals surface area contributed by atoms with Gasteiger partial charge in [0.25, 0.3) is 0 Å². The molecule has 0 saturated heterocycles. The molecule has 0 unspecified atom stereocenters. The lowest BCUT2D eigenvalue weighted by atomic mass is 10.2. The first-order valence-electron chi connectivity index (χ1n) is 5.76. The lowest BCUT2D eigenvalue weighted by Gasteiger charge is -2.12. The Kier molecular flexibility index (Phi) is 4.88. The number of hydrogen-bond acceptors (Lipinski definition) is 3. The summed E-state index contributed by atoms with van der Waals surface area (Å²) in [6.45, 7) is 0.299. The van der Waals surface area contributed by atoms with Crippen LogP contribution >= 0.6 is 31.9 Å². The maximum atomic E-state index is 13.2. The number of para-hydroxylation sites is 1. The molecule has 0 bridgehead atoms. The first-order valence-corrected chi connectivity index (χ1v) is 7.34. The Balaban J connectivity index is 2.21. The van der Waals surface area contributed by atoms with Crippen molar-refractivity contribution in [3.8, 4) is 11.5 Å². The van der Waals surface area contributed by atoms with Crippen LogP contribution in [-0.2, 0) is 6.54 Å². The Hall–Kier alpha value is -1.27. The molecule has 0 spiro atoms. The van der Waals surface area contributed by atoms with E-state index in [0.717, 1.165) is 14.6 Å². The third-order valence-electron chi connectivity index (χ3n) is 2.78. The van der Waals surface area contributed by atoms with Crippen molar-refractivity contribution < 1.29 is 14.2 Å². The molecule has 0 saturated carbocycles. The van der Waals surface area contributed by atoms with Crippen molar-refractivity contribution in [1.29, 1.82) is 0 Å². The van der Waals surface area contributed by atoms with Gasteiger partial charge in [0.15, 0.2) is 11.6 Å². The van der Waals surface area contributed by atoms with Crippen LogP contribution in [0.1, 0.15) is 5.56 Å². The predicted octanol–water partition coefficient (Wildman–Crippen LogP) is 4.68. The van der Waals surface area contributed by atoms with Crippen molar-refractivity contribution in [3.63, 3.8) is 0 Å². The number of hydrogen-bond donors (Lipinski definition) is 2. The van der Waals surface area contributed by atoms with Gasteiger partial charge in [-0.25, -0.2) is 4.39 Å². The molecular weight excluding hydrogens is 393 g/mol.